The van der Waals surface area contributed by atoms with E-state index in [9.17, 15) is 9.59 Å². The van der Waals surface area contributed by atoms with Gasteiger partial charge >= 0.3 is 0 Å². The lowest BCUT2D eigenvalue weighted by Gasteiger charge is -2.23. The summed E-state index contributed by atoms with van der Waals surface area (Å²) in [6.07, 6.45) is 1.25. The zero-order valence-electron chi connectivity index (χ0n) is 15.4. The van der Waals surface area contributed by atoms with Crippen molar-refractivity contribution >= 4 is 52.4 Å². The van der Waals surface area contributed by atoms with Crippen molar-refractivity contribution in [1.29, 1.82) is 0 Å². The molecule has 4 nitrogen and oxygen atoms in total. The minimum Gasteiger partial charge on any atom is -0.339 e. The van der Waals surface area contributed by atoms with Crippen molar-refractivity contribution in [2.45, 2.75) is 30.9 Å². The number of amides is 2. The van der Waals surface area contributed by atoms with E-state index < -0.39 is 6.04 Å². The SMILES string of the molecule is CC(C)C(NC(=O)c1cccs1)C(=O)Nc1cccc(C2SCCCS2)c1. The maximum absolute atomic E-state index is 12.8. The maximum Gasteiger partial charge on any atom is 0.262 e. The molecule has 2 heterocycles. The molecule has 7 heteroatoms. The van der Waals surface area contributed by atoms with Crippen LogP contribution in [0.5, 0.6) is 0 Å². The summed E-state index contributed by atoms with van der Waals surface area (Å²) >= 11 is 5.28. The molecule has 2 amide bonds. The van der Waals surface area contributed by atoms with E-state index in [1.807, 2.05) is 67.0 Å². The number of thioether (sulfide) groups is 2. The van der Waals surface area contributed by atoms with E-state index in [1.165, 1.54) is 34.8 Å². The van der Waals surface area contributed by atoms with Gasteiger partial charge in [0, 0.05) is 5.69 Å². The Balaban J connectivity index is 1.67. The molecule has 0 spiro atoms. The molecule has 0 aliphatic carbocycles. The van der Waals surface area contributed by atoms with Crippen LogP contribution in [0.1, 0.15) is 40.1 Å². The highest BCUT2D eigenvalue weighted by molar-refractivity contribution is 8.16. The second-order valence-corrected chi connectivity index (χ2v) is 10.4. The van der Waals surface area contributed by atoms with Gasteiger partial charge in [-0.15, -0.1) is 34.9 Å². The molecular formula is C20H24N2O2S3. The average molecular weight is 421 g/mol. The van der Waals surface area contributed by atoms with Crippen molar-refractivity contribution in [3.63, 3.8) is 0 Å². The van der Waals surface area contributed by atoms with E-state index in [1.54, 1.807) is 6.07 Å². The minimum absolute atomic E-state index is 0.0125. The fourth-order valence-corrected chi connectivity index (χ4v) is 6.32. The van der Waals surface area contributed by atoms with Gasteiger partial charge in [0.25, 0.3) is 5.91 Å². The van der Waals surface area contributed by atoms with Gasteiger partial charge in [-0.3, -0.25) is 9.59 Å². The average Bonchev–Trinajstić information content (AvgIpc) is 3.21. The largest absolute Gasteiger partial charge is 0.339 e. The third-order valence-electron chi connectivity index (χ3n) is 4.23. The van der Waals surface area contributed by atoms with E-state index in [-0.39, 0.29) is 17.7 Å². The molecule has 2 aromatic rings. The zero-order chi connectivity index (χ0) is 19.2. The second kappa shape index (κ2) is 9.66. The van der Waals surface area contributed by atoms with E-state index in [0.717, 1.165) is 5.69 Å². The molecule has 27 heavy (non-hydrogen) atoms. The van der Waals surface area contributed by atoms with Gasteiger partial charge in [-0.25, -0.2) is 0 Å². The molecule has 1 aromatic heterocycles. The molecule has 1 atom stereocenters. The molecule has 1 fully saturated rings. The monoisotopic (exact) mass is 420 g/mol. The highest BCUT2D eigenvalue weighted by Gasteiger charge is 2.25. The first-order valence-corrected chi connectivity index (χ1v) is 12.0. The Labute approximate surface area is 172 Å². The van der Waals surface area contributed by atoms with Gasteiger partial charge < -0.3 is 10.6 Å². The van der Waals surface area contributed by atoms with Crippen molar-refractivity contribution in [3.8, 4) is 0 Å². The second-order valence-electron chi connectivity index (χ2n) is 6.71. The zero-order valence-corrected chi connectivity index (χ0v) is 17.9. The highest BCUT2D eigenvalue weighted by atomic mass is 32.2. The lowest BCUT2D eigenvalue weighted by atomic mass is 10.0. The summed E-state index contributed by atoms with van der Waals surface area (Å²) in [5.74, 6) is 1.96. The van der Waals surface area contributed by atoms with E-state index >= 15 is 0 Å². The normalized spacial score (nSPS) is 16.1. The summed E-state index contributed by atoms with van der Waals surface area (Å²) in [7, 11) is 0. The fraction of sp³-hybridized carbons (Fsp3) is 0.400. The maximum atomic E-state index is 12.8. The Bertz CT molecular complexity index is 771. The number of thiophene rings is 1. The van der Waals surface area contributed by atoms with Crippen LogP contribution in [0.3, 0.4) is 0 Å². The number of carbonyl (C=O) groups is 2. The summed E-state index contributed by atoms with van der Waals surface area (Å²) in [4.78, 5) is 25.8. The van der Waals surface area contributed by atoms with Gasteiger partial charge in [-0.2, -0.15) is 0 Å². The Morgan fingerprint density at radius 2 is 1.89 bits per heavy atom. The number of carbonyl (C=O) groups excluding carboxylic acids is 2. The Morgan fingerprint density at radius 3 is 2.56 bits per heavy atom. The van der Waals surface area contributed by atoms with Crippen LogP contribution in [-0.4, -0.2) is 29.4 Å². The van der Waals surface area contributed by atoms with Crippen molar-refractivity contribution < 1.29 is 9.59 Å². The topological polar surface area (TPSA) is 58.2 Å². The van der Waals surface area contributed by atoms with Crippen LogP contribution in [0.15, 0.2) is 41.8 Å². The van der Waals surface area contributed by atoms with Crippen molar-refractivity contribution in [2.24, 2.45) is 5.92 Å². The quantitative estimate of drug-likeness (QED) is 0.690. The van der Waals surface area contributed by atoms with Crippen LogP contribution in [0.2, 0.25) is 0 Å². The van der Waals surface area contributed by atoms with Crippen LogP contribution >= 0.6 is 34.9 Å². The van der Waals surface area contributed by atoms with E-state index in [4.69, 9.17) is 0 Å². The molecule has 0 saturated carbocycles. The molecule has 3 rings (SSSR count). The summed E-state index contributed by atoms with van der Waals surface area (Å²) in [6, 6.07) is 11.1. The Hall–Kier alpha value is -1.44. The third-order valence-corrected chi connectivity index (χ3v) is 8.12. The molecule has 1 aliphatic rings. The van der Waals surface area contributed by atoms with Crippen molar-refractivity contribution in [1.82, 2.24) is 5.32 Å². The van der Waals surface area contributed by atoms with Gasteiger partial charge in [0.15, 0.2) is 0 Å². The molecule has 2 N–H and O–H groups in total. The fourth-order valence-electron chi connectivity index (χ4n) is 2.82. The van der Waals surface area contributed by atoms with Crippen molar-refractivity contribution in [2.75, 3.05) is 16.8 Å². The highest BCUT2D eigenvalue weighted by Crippen LogP contribution is 2.44. The van der Waals surface area contributed by atoms with Crippen LogP contribution in [0.4, 0.5) is 5.69 Å². The van der Waals surface area contributed by atoms with Gasteiger partial charge in [0.05, 0.1) is 9.46 Å². The van der Waals surface area contributed by atoms with Gasteiger partial charge in [0.1, 0.15) is 6.04 Å². The number of benzene rings is 1. The lowest BCUT2D eigenvalue weighted by molar-refractivity contribution is -0.118. The van der Waals surface area contributed by atoms with Gasteiger partial charge in [0.2, 0.25) is 5.91 Å². The van der Waals surface area contributed by atoms with Crippen LogP contribution < -0.4 is 10.6 Å². The van der Waals surface area contributed by atoms with Crippen molar-refractivity contribution in [3.05, 3.63) is 52.2 Å². The molecule has 1 saturated heterocycles. The smallest absolute Gasteiger partial charge is 0.262 e. The molecule has 0 radical (unpaired) electrons. The van der Waals surface area contributed by atoms with E-state index in [2.05, 4.69) is 16.7 Å². The summed E-state index contributed by atoms with van der Waals surface area (Å²) in [5, 5.41) is 7.71. The Kier molecular flexibility index (Phi) is 7.26. The van der Waals surface area contributed by atoms with Gasteiger partial charge in [-0.1, -0.05) is 32.0 Å². The molecule has 144 valence electrons. The Morgan fingerprint density at radius 1 is 1.11 bits per heavy atom. The number of nitrogens with one attached hydrogen (secondary N) is 2. The summed E-state index contributed by atoms with van der Waals surface area (Å²) < 4.78 is 0.426. The molecule has 1 aromatic carbocycles. The summed E-state index contributed by atoms with van der Waals surface area (Å²) in [6.45, 7) is 3.87. The minimum atomic E-state index is -0.582. The predicted octanol–water partition coefficient (Wildman–Crippen LogP) is 5.01. The first-order valence-electron chi connectivity index (χ1n) is 9.03. The number of anilines is 1. The number of rotatable bonds is 6. The summed E-state index contributed by atoms with van der Waals surface area (Å²) in [5.41, 5.74) is 2.01. The van der Waals surface area contributed by atoms with E-state index in [0.29, 0.717) is 9.46 Å². The molecular weight excluding hydrogens is 396 g/mol. The van der Waals surface area contributed by atoms with Crippen LogP contribution in [-0.2, 0) is 4.79 Å². The van der Waals surface area contributed by atoms with Crippen LogP contribution in [0, 0.1) is 5.92 Å². The van der Waals surface area contributed by atoms with Crippen LogP contribution in [0.25, 0.3) is 0 Å². The third kappa shape index (κ3) is 5.53. The predicted molar refractivity (Wildman–Crippen MR) is 118 cm³/mol. The first kappa shape index (κ1) is 20.3. The number of hydrogen-bond donors (Lipinski definition) is 2. The van der Waals surface area contributed by atoms with Gasteiger partial charge in [-0.05, 0) is 53.0 Å². The first-order chi connectivity index (χ1) is 13.0. The lowest BCUT2D eigenvalue weighted by Crippen LogP contribution is -2.46. The molecule has 1 unspecified atom stereocenters. The molecule has 1 aliphatic heterocycles. The molecule has 0 bridgehead atoms. The number of hydrogen-bond acceptors (Lipinski definition) is 5. The standard InChI is InChI=1S/C20H24N2O2S3/c1-13(2)17(22-18(23)16-8-4-9-25-16)19(24)21-15-7-3-6-14(12-15)20-26-10-5-11-27-20/h3-4,6-9,12-13,17,20H,5,10-11H2,1-2H3,(H,21,24)(H,22,23).